The third-order valence-corrected chi connectivity index (χ3v) is 3.28. The van der Waals surface area contributed by atoms with Crippen LogP contribution in [0.25, 0.3) is 11.4 Å². The molecule has 0 aliphatic heterocycles. The molecule has 0 unspecified atom stereocenters. The van der Waals surface area contributed by atoms with Gasteiger partial charge in [0.05, 0.1) is 13.3 Å². The largest absolute Gasteiger partial charge is 0.497 e. The molecule has 0 saturated carbocycles. The summed E-state index contributed by atoms with van der Waals surface area (Å²) in [5.41, 5.74) is 3.55. The molecule has 116 valence electrons. The molecule has 2 heterocycles. The average Bonchev–Trinajstić information content (AvgIpc) is 2.96. The van der Waals surface area contributed by atoms with Gasteiger partial charge in [-0.05, 0) is 24.4 Å². The fraction of sp³-hybridized carbons (Fsp3) is 0.0714. The normalized spacial score (nSPS) is 10.3. The number of amides is 1. The molecule has 2 aromatic heterocycles. The van der Waals surface area contributed by atoms with E-state index < -0.39 is 5.91 Å². The smallest absolute Gasteiger partial charge is 0.290 e. The van der Waals surface area contributed by atoms with Crippen molar-refractivity contribution in [3.05, 3.63) is 53.3 Å². The van der Waals surface area contributed by atoms with E-state index in [1.54, 1.807) is 13.2 Å². The van der Waals surface area contributed by atoms with Gasteiger partial charge in [0.1, 0.15) is 11.4 Å². The Morgan fingerprint density at radius 3 is 3.00 bits per heavy atom. The number of benzene rings is 1. The first kappa shape index (κ1) is 14.9. The minimum absolute atomic E-state index is 0.173. The number of ether oxygens (including phenoxy) is 1. The second-order valence-electron chi connectivity index (χ2n) is 4.45. The number of H-pyrrole nitrogens is 1. The van der Waals surface area contributed by atoms with Gasteiger partial charge in [-0.2, -0.15) is 5.10 Å². The lowest BCUT2D eigenvalue weighted by Crippen LogP contribution is -2.24. The van der Waals surface area contributed by atoms with Crippen LogP contribution in [0.2, 0.25) is 0 Å². The molecule has 0 radical (unpaired) electrons. The van der Waals surface area contributed by atoms with Gasteiger partial charge in [-0.3, -0.25) is 15.2 Å². The Kier molecular flexibility index (Phi) is 4.11. The van der Waals surface area contributed by atoms with E-state index in [1.807, 2.05) is 18.2 Å². The summed E-state index contributed by atoms with van der Waals surface area (Å²) in [4.78, 5) is 20.0. The number of methoxy groups -OCH3 is 1. The third-order valence-electron chi connectivity index (χ3n) is 3.01. The summed E-state index contributed by atoms with van der Waals surface area (Å²) in [5, 5.41) is 6.80. The number of rotatable bonds is 4. The molecule has 0 aliphatic rings. The van der Waals surface area contributed by atoms with Crippen molar-refractivity contribution in [1.29, 1.82) is 0 Å². The Hall–Kier alpha value is -3.07. The van der Waals surface area contributed by atoms with Crippen LogP contribution in [0.5, 0.6) is 5.75 Å². The van der Waals surface area contributed by atoms with Gasteiger partial charge >= 0.3 is 0 Å². The van der Waals surface area contributed by atoms with E-state index in [0.29, 0.717) is 11.6 Å². The highest BCUT2D eigenvalue weighted by molar-refractivity contribution is 7.71. The Balaban J connectivity index is 1.96. The molecule has 23 heavy (non-hydrogen) atoms. The van der Waals surface area contributed by atoms with E-state index >= 15 is 0 Å². The van der Waals surface area contributed by atoms with Gasteiger partial charge in [0, 0.05) is 18.0 Å². The van der Waals surface area contributed by atoms with Crippen LogP contribution in [0.3, 0.4) is 0 Å². The first-order chi connectivity index (χ1) is 11.2. The number of nitrogens with zero attached hydrogens (tertiary/aromatic N) is 4. The molecule has 3 rings (SSSR count). The molecule has 0 aliphatic carbocycles. The molecule has 0 spiro atoms. The molecule has 8 nitrogen and oxygen atoms in total. The first-order valence-corrected chi connectivity index (χ1v) is 6.99. The lowest BCUT2D eigenvalue weighted by atomic mass is 10.2. The van der Waals surface area contributed by atoms with Gasteiger partial charge in [-0.15, -0.1) is 0 Å². The first-order valence-electron chi connectivity index (χ1n) is 6.58. The van der Waals surface area contributed by atoms with E-state index in [4.69, 9.17) is 17.0 Å². The maximum atomic E-state index is 12.2. The minimum atomic E-state index is -0.445. The molecule has 3 aromatic rings. The lowest BCUT2D eigenvalue weighted by molar-refractivity contribution is 0.100. The highest BCUT2D eigenvalue weighted by Crippen LogP contribution is 2.21. The lowest BCUT2D eigenvalue weighted by Gasteiger charge is -2.09. The van der Waals surface area contributed by atoms with Crippen molar-refractivity contribution in [3.63, 3.8) is 0 Å². The van der Waals surface area contributed by atoms with Crippen molar-refractivity contribution in [2.24, 2.45) is 0 Å². The highest BCUT2D eigenvalue weighted by atomic mass is 32.1. The molecule has 9 heteroatoms. The van der Waals surface area contributed by atoms with Crippen molar-refractivity contribution in [2.75, 3.05) is 12.5 Å². The van der Waals surface area contributed by atoms with Gasteiger partial charge < -0.3 is 4.74 Å². The third kappa shape index (κ3) is 3.09. The van der Waals surface area contributed by atoms with Crippen molar-refractivity contribution < 1.29 is 9.53 Å². The predicted octanol–water partition coefficient (Wildman–Crippen LogP) is 1.79. The Morgan fingerprint density at radius 1 is 1.39 bits per heavy atom. The van der Waals surface area contributed by atoms with Crippen LogP contribution in [0, 0.1) is 4.77 Å². The number of aromatic amines is 1. The molecule has 1 amide bonds. The van der Waals surface area contributed by atoms with E-state index in [9.17, 15) is 4.79 Å². The Labute approximate surface area is 136 Å². The Bertz CT molecular complexity index is 890. The molecular weight excluding hydrogens is 316 g/mol. The molecule has 0 saturated heterocycles. The monoisotopic (exact) mass is 328 g/mol. The summed E-state index contributed by atoms with van der Waals surface area (Å²) in [6, 6.07) is 7.25. The summed E-state index contributed by atoms with van der Waals surface area (Å²) in [6.07, 6.45) is 4.29. The summed E-state index contributed by atoms with van der Waals surface area (Å²) in [6.45, 7) is 0. The number of carbonyl (C=O) groups excluding carboxylic acids is 1. The molecule has 0 fully saturated rings. The summed E-state index contributed by atoms with van der Waals surface area (Å²) >= 11 is 5.17. The van der Waals surface area contributed by atoms with E-state index in [1.165, 1.54) is 23.3 Å². The number of aromatic nitrogens is 5. The predicted molar refractivity (Wildman–Crippen MR) is 85.1 cm³/mol. The number of hydrogen-bond acceptors (Lipinski definition) is 6. The van der Waals surface area contributed by atoms with E-state index in [2.05, 4.69) is 25.6 Å². The van der Waals surface area contributed by atoms with E-state index in [0.717, 1.165) is 5.56 Å². The maximum Gasteiger partial charge on any atom is 0.290 e. The second kappa shape index (κ2) is 6.36. The topological polar surface area (TPSA) is 97.7 Å². The van der Waals surface area contributed by atoms with Crippen LogP contribution in [0.4, 0.5) is 0 Å². The molecular formula is C14H12N6O2S. The fourth-order valence-electron chi connectivity index (χ4n) is 1.93. The van der Waals surface area contributed by atoms with Crippen LogP contribution in [-0.2, 0) is 0 Å². The van der Waals surface area contributed by atoms with Crippen molar-refractivity contribution in [2.45, 2.75) is 0 Å². The van der Waals surface area contributed by atoms with Crippen molar-refractivity contribution in [1.82, 2.24) is 24.8 Å². The number of carbonyl (C=O) groups is 1. The molecule has 0 bridgehead atoms. The molecule has 1 aromatic carbocycles. The van der Waals surface area contributed by atoms with Crippen molar-refractivity contribution in [3.8, 4) is 17.1 Å². The fourth-order valence-corrected chi connectivity index (χ4v) is 2.11. The summed E-state index contributed by atoms with van der Waals surface area (Å²) < 4.78 is 6.82. The summed E-state index contributed by atoms with van der Waals surface area (Å²) in [7, 11) is 1.58. The van der Waals surface area contributed by atoms with Crippen LogP contribution in [0.1, 0.15) is 10.5 Å². The Morgan fingerprint density at radius 2 is 2.26 bits per heavy atom. The van der Waals surface area contributed by atoms with Gasteiger partial charge in [-0.1, -0.05) is 12.1 Å². The van der Waals surface area contributed by atoms with Gasteiger partial charge in [0.15, 0.2) is 5.82 Å². The van der Waals surface area contributed by atoms with Crippen molar-refractivity contribution >= 4 is 18.1 Å². The zero-order chi connectivity index (χ0) is 16.2. The van der Waals surface area contributed by atoms with Crippen LogP contribution < -0.4 is 10.2 Å². The minimum Gasteiger partial charge on any atom is -0.497 e. The van der Waals surface area contributed by atoms with Crippen LogP contribution in [0.15, 0.2) is 42.9 Å². The molecule has 2 N–H and O–H groups in total. The second-order valence-corrected chi connectivity index (χ2v) is 4.84. The quantitative estimate of drug-likeness (QED) is 0.709. The van der Waals surface area contributed by atoms with Gasteiger partial charge in [0.25, 0.3) is 5.91 Å². The van der Waals surface area contributed by atoms with Crippen LogP contribution >= 0.6 is 12.2 Å². The van der Waals surface area contributed by atoms with E-state index in [-0.39, 0.29) is 10.5 Å². The standard InChI is InChI=1S/C14H12N6O2S/c1-22-10-4-2-3-9(7-10)12-17-18-14(23)20(12)19-13(21)11-8-15-5-6-16-11/h2-8H,1H3,(H,18,23)(H,19,21). The number of nitrogens with one attached hydrogen (secondary N) is 2. The summed E-state index contributed by atoms with van der Waals surface area (Å²) in [5.74, 6) is 0.675. The van der Waals surface area contributed by atoms with Gasteiger partial charge in [-0.25, -0.2) is 14.8 Å². The average molecular weight is 328 g/mol. The zero-order valence-electron chi connectivity index (χ0n) is 12.1. The highest BCUT2D eigenvalue weighted by Gasteiger charge is 2.14. The maximum absolute atomic E-state index is 12.2. The van der Waals surface area contributed by atoms with Crippen LogP contribution in [-0.4, -0.2) is 37.9 Å². The SMILES string of the molecule is COc1cccc(-c2n[nH]c(=S)n2NC(=O)c2cnccn2)c1. The number of hydrogen-bond donors (Lipinski definition) is 2. The van der Waals surface area contributed by atoms with Gasteiger partial charge in [0.2, 0.25) is 4.77 Å². The molecule has 0 atom stereocenters. The zero-order valence-corrected chi connectivity index (χ0v) is 12.9.